The average Bonchev–Trinajstić information content (AvgIpc) is 2.78. The van der Waals surface area contributed by atoms with Crippen LogP contribution < -0.4 is 4.74 Å². The quantitative estimate of drug-likeness (QED) is 0.394. The molecule has 0 unspecified atom stereocenters. The van der Waals surface area contributed by atoms with Gasteiger partial charge in [-0.25, -0.2) is 0 Å². The number of halogens is 3. The summed E-state index contributed by atoms with van der Waals surface area (Å²) in [6, 6.07) is 17.3. The van der Waals surface area contributed by atoms with E-state index in [4.69, 9.17) is 0 Å². The van der Waals surface area contributed by atoms with Crippen molar-refractivity contribution in [2.45, 2.75) is 18.7 Å². The minimum Gasteiger partial charge on any atom is -0.405 e. The lowest BCUT2D eigenvalue weighted by atomic mass is 9.86. The summed E-state index contributed by atoms with van der Waals surface area (Å²) < 4.78 is 43.1. The Balaban J connectivity index is 1.77. The van der Waals surface area contributed by atoms with E-state index in [1.807, 2.05) is 30.3 Å². The van der Waals surface area contributed by atoms with E-state index in [1.54, 1.807) is 49.2 Å². The van der Waals surface area contributed by atoms with Crippen LogP contribution in [0.1, 0.15) is 22.6 Å². The molecule has 0 aliphatic carbocycles. The van der Waals surface area contributed by atoms with Crippen molar-refractivity contribution in [2.75, 3.05) is 0 Å². The molecule has 4 rings (SSSR count). The molecule has 0 atom stereocenters. The highest BCUT2D eigenvalue weighted by atomic mass is 19.4. The molecule has 31 heavy (non-hydrogen) atoms. The Kier molecular flexibility index (Phi) is 5.93. The van der Waals surface area contributed by atoms with Crippen molar-refractivity contribution in [3.05, 3.63) is 108 Å². The van der Waals surface area contributed by atoms with Crippen LogP contribution in [-0.4, -0.2) is 21.3 Å². The number of ether oxygens (including phenoxy) is 1. The summed E-state index contributed by atoms with van der Waals surface area (Å²) in [6.07, 6.45) is 4.24. The van der Waals surface area contributed by atoms with Crippen molar-refractivity contribution in [1.29, 1.82) is 0 Å². The number of hydrogen-bond acceptors (Lipinski definition) is 4. The molecule has 0 amide bonds. The van der Waals surface area contributed by atoms with Crippen LogP contribution in [0.5, 0.6) is 5.75 Å². The fourth-order valence-corrected chi connectivity index (χ4v) is 3.53. The molecule has 3 heterocycles. The van der Waals surface area contributed by atoms with E-state index in [9.17, 15) is 13.2 Å². The summed E-state index contributed by atoms with van der Waals surface area (Å²) in [5.74, 6) is -0.379. The normalized spacial score (nSPS) is 11.5. The van der Waals surface area contributed by atoms with E-state index in [-0.39, 0.29) is 17.2 Å². The predicted molar refractivity (Wildman–Crippen MR) is 110 cm³/mol. The van der Waals surface area contributed by atoms with Gasteiger partial charge < -0.3 is 4.74 Å². The molecule has 1 aromatic carbocycles. The molecule has 3 aromatic heterocycles. The maximum atomic E-state index is 12.9. The van der Waals surface area contributed by atoms with Crippen molar-refractivity contribution in [3.63, 3.8) is 0 Å². The fourth-order valence-electron chi connectivity index (χ4n) is 3.53. The van der Waals surface area contributed by atoms with Crippen LogP contribution in [0.4, 0.5) is 13.2 Å². The third-order valence-electron chi connectivity index (χ3n) is 4.86. The molecule has 0 N–H and O–H groups in total. The lowest BCUT2D eigenvalue weighted by Crippen LogP contribution is -2.17. The summed E-state index contributed by atoms with van der Waals surface area (Å²) in [5, 5.41) is 0. The molecule has 0 spiro atoms. The zero-order valence-corrected chi connectivity index (χ0v) is 16.3. The van der Waals surface area contributed by atoms with Gasteiger partial charge in [0, 0.05) is 42.5 Å². The average molecular weight is 421 g/mol. The minimum atomic E-state index is -4.79. The number of hydrogen-bond donors (Lipinski definition) is 0. The standard InChI is InChI=1S/C24H18F3N3O/c25-24(26,27)31-22-10-2-1-9-20(22)23-17(6-5-13-30-23)14-21(18-7-3-11-28-15-18)19-8-4-12-29-16-19/h1-13,15-16,21H,14H2. The van der Waals surface area contributed by atoms with Gasteiger partial charge in [0.25, 0.3) is 0 Å². The van der Waals surface area contributed by atoms with E-state index in [2.05, 4.69) is 19.7 Å². The smallest absolute Gasteiger partial charge is 0.405 e. The second-order valence-corrected chi connectivity index (χ2v) is 6.88. The highest BCUT2D eigenvalue weighted by Gasteiger charge is 2.32. The first kappa shape index (κ1) is 20.5. The van der Waals surface area contributed by atoms with Gasteiger partial charge in [0.05, 0.1) is 5.69 Å². The van der Waals surface area contributed by atoms with Gasteiger partial charge in [-0.1, -0.05) is 30.3 Å². The first-order chi connectivity index (χ1) is 15.0. The van der Waals surface area contributed by atoms with Crippen molar-refractivity contribution < 1.29 is 17.9 Å². The Morgan fingerprint density at radius 2 is 1.42 bits per heavy atom. The van der Waals surface area contributed by atoms with E-state index in [0.29, 0.717) is 12.1 Å². The summed E-state index contributed by atoms with van der Waals surface area (Å²) in [7, 11) is 0. The number of pyridine rings is 3. The second-order valence-electron chi connectivity index (χ2n) is 6.88. The molecule has 0 radical (unpaired) electrons. The highest BCUT2D eigenvalue weighted by Crippen LogP contribution is 2.36. The molecule has 0 aliphatic rings. The number of aromatic nitrogens is 3. The van der Waals surface area contributed by atoms with Crippen molar-refractivity contribution in [2.24, 2.45) is 0 Å². The zero-order valence-electron chi connectivity index (χ0n) is 16.3. The summed E-state index contributed by atoms with van der Waals surface area (Å²) in [4.78, 5) is 12.9. The lowest BCUT2D eigenvalue weighted by molar-refractivity contribution is -0.274. The number of alkyl halides is 3. The van der Waals surface area contributed by atoms with Gasteiger partial charge in [-0.05, 0) is 53.4 Å². The van der Waals surface area contributed by atoms with Crippen LogP contribution in [-0.2, 0) is 6.42 Å². The van der Waals surface area contributed by atoms with Crippen molar-refractivity contribution in [1.82, 2.24) is 15.0 Å². The number of para-hydroxylation sites is 1. The van der Waals surface area contributed by atoms with E-state index in [0.717, 1.165) is 16.7 Å². The summed E-state index contributed by atoms with van der Waals surface area (Å²) >= 11 is 0. The van der Waals surface area contributed by atoms with Gasteiger partial charge in [-0.2, -0.15) is 0 Å². The molecule has 4 nitrogen and oxygen atoms in total. The number of benzene rings is 1. The first-order valence-electron chi connectivity index (χ1n) is 9.60. The topological polar surface area (TPSA) is 47.9 Å². The highest BCUT2D eigenvalue weighted by molar-refractivity contribution is 5.70. The maximum Gasteiger partial charge on any atom is 0.573 e. The zero-order chi connectivity index (χ0) is 21.7. The van der Waals surface area contributed by atoms with E-state index < -0.39 is 6.36 Å². The molecule has 0 saturated heterocycles. The van der Waals surface area contributed by atoms with Gasteiger partial charge in [-0.3, -0.25) is 15.0 Å². The Labute approximate surface area is 177 Å². The molecular formula is C24H18F3N3O. The fraction of sp³-hybridized carbons (Fsp3) is 0.125. The Hall–Kier alpha value is -3.74. The molecular weight excluding hydrogens is 403 g/mol. The molecule has 0 fully saturated rings. The van der Waals surface area contributed by atoms with Crippen LogP contribution in [0.3, 0.4) is 0 Å². The predicted octanol–water partition coefficient (Wildman–Crippen LogP) is 5.81. The molecule has 156 valence electrons. The largest absolute Gasteiger partial charge is 0.573 e. The molecule has 7 heteroatoms. The third kappa shape index (κ3) is 5.06. The second kappa shape index (κ2) is 8.95. The van der Waals surface area contributed by atoms with Crippen LogP contribution in [0.25, 0.3) is 11.3 Å². The molecule has 0 aliphatic heterocycles. The maximum absolute atomic E-state index is 12.9. The first-order valence-corrected chi connectivity index (χ1v) is 9.60. The Bertz CT molecular complexity index is 1100. The van der Waals surface area contributed by atoms with Crippen LogP contribution in [0.15, 0.2) is 91.6 Å². The summed E-state index contributed by atoms with van der Waals surface area (Å²) in [6.45, 7) is 0. The van der Waals surface area contributed by atoms with Crippen molar-refractivity contribution >= 4 is 0 Å². The van der Waals surface area contributed by atoms with Gasteiger partial charge >= 0.3 is 6.36 Å². The number of nitrogens with zero attached hydrogens (tertiary/aromatic N) is 3. The van der Waals surface area contributed by atoms with Gasteiger partial charge in [0.15, 0.2) is 0 Å². The lowest BCUT2D eigenvalue weighted by Gasteiger charge is -2.20. The van der Waals surface area contributed by atoms with Gasteiger partial charge in [0.2, 0.25) is 0 Å². The molecule has 0 bridgehead atoms. The Morgan fingerprint density at radius 3 is 2.03 bits per heavy atom. The van der Waals surface area contributed by atoms with Crippen LogP contribution in [0, 0.1) is 0 Å². The summed E-state index contributed by atoms with van der Waals surface area (Å²) in [5.41, 5.74) is 3.47. The van der Waals surface area contributed by atoms with Crippen molar-refractivity contribution in [3.8, 4) is 17.0 Å². The van der Waals surface area contributed by atoms with E-state index in [1.165, 1.54) is 12.1 Å². The molecule has 0 saturated carbocycles. The van der Waals surface area contributed by atoms with Crippen LogP contribution >= 0.6 is 0 Å². The minimum absolute atomic E-state index is 0.0963. The number of rotatable bonds is 6. The molecule has 4 aromatic rings. The van der Waals surface area contributed by atoms with Gasteiger partial charge in [-0.15, -0.1) is 13.2 Å². The van der Waals surface area contributed by atoms with E-state index >= 15 is 0 Å². The monoisotopic (exact) mass is 421 g/mol. The van der Waals surface area contributed by atoms with Crippen LogP contribution in [0.2, 0.25) is 0 Å². The Morgan fingerprint density at radius 1 is 0.774 bits per heavy atom. The van der Waals surface area contributed by atoms with Gasteiger partial charge in [0.1, 0.15) is 5.75 Å². The SMILES string of the molecule is FC(F)(F)Oc1ccccc1-c1ncccc1CC(c1cccnc1)c1cccnc1. The third-order valence-corrected chi connectivity index (χ3v) is 4.86.